The van der Waals surface area contributed by atoms with Crippen LogP contribution in [0.3, 0.4) is 0 Å². The van der Waals surface area contributed by atoms with Crippen molar-refractivity contribution in [1.82, 2.24) is 10.1 Å². The zero-order valence-electron chi connectivity index (χ0n) is 10.1. The Morgan fingerprint density at radius 2 is 1.81 bits per heavy atom. The smallest absolute Gasteiger partial charge is 0.265 e. The molecule has 6 nitrogen and oxygen atoms in total. The van der Waals surface area contributed by atoms with E-state index in [1.807, 2.05) is 0 Å². The zero-order valence-corrected chi connectivity index (χ0v) is 10.9. The molecule has 0 aliphatic heterocycles. The predicted octanol–water partition coefficient (Wildman–Crippen LogP) is 1.02. The number of hydrogen-bond donors (Lipinski definition) is 0. The van der Waals surface area contributed by atoms with Gasteiger partial charge in [-0.2, -0.15) is 4.98 Å². The molecule has 0 radical (unpaired) electrons. The minimum atomic E-state index is -3.26. The highest BCUT2D eigenvalue weighted by Crippen LogP contribution is 2.25. The molecule has 1 unspecified atom stereocenters. The summed E-state index contributed by atoms with van der Waals surface area (Å²) in [5.41, 5.74) is 0. The van der Waals surface area contributed by atoms with Gasteiger partial charge in [-0.1, -0.05) is 0 Å². The van der Waals surface area contributed by atoms with Crippen molar-refractivity contribution in [3.8, 4) is 0 Å². The summed E-state index contributed by atoms with van der Waals surface area (Å²) < 4.78 is 28.7. The Morgan fingerprint density at radius 3 is 2.19 bits per heavy atom. The molecule has 1 aromatic heterocycles. The lowest BCUT2D eigenvalue weighted by Gasteiger charge is -2.11. The third kappa shape index (κ3) is 2.34. The molecule has 1 atom stereocenters. The Labute approximate surface area is 95.6 Å². The van der Waals surface area contributed by atoms with E-state index in [1.165, 1.54) is 0 Å². The number of sulfone groups is 1. The highest BCUT2D eigenvalue weighted by Gasteiger charge is 2.30. The lowest BCUT2D eigenvalue weighted by molar-refractivity contribution is 0.375. The van der Waals surface area contributed by atoms with Gasteiger partial charge in [-0.05, 0) is 25.9 Å². The van der Waals surface area contributed by atoms with Gasteiger partial charge in [0.25, 0.3) is 5.95 Å². The Hall–Kier alpha value is -1.11. The van der Waals surface area contributed by atoms with Gasteiger partial charge in [0.15, 0.2) is 9.84 Å². The molecule has 0 bridgehead atoms. The summed E-state index contributed by atoms with van der Waals surface area (Å²) in [7, 11) is 0.263. The normalized spacial score (nSPS) is 14.1. The van der Waals surface area contributed by atoms with Gasteiger partial charge in [0.1, 0.15) is 5.25 Å². The number of anilines is 1. The van der Waals surface area contributed by atoms with Crippen LogP contribution in [0.15, 0.2) is 4.52 Å². The fraction of sp³-hybridized carbons (Fsp3) is 0.778. The molecule has 7 heteroatoms. The van der Waals surface area contributed by atoms with E-state index in [2.05, 4.69) is 10.1 Å². The van der Waals surface area contributed by atoms with Crippen LogP contribution in [-0.4, -0.2) is 37.9 Å². The van der Waals surface area contributed by atoms with E-state index in [4.69, 9.17) is 4.52 Å². The van der Waals surface area contributed by atoms with E-state index in [1.54, 1.807) is 39.8 Å². The first-order chi connectivity index (χ1) is 7.26. The van der Waals surface area contributed by atoms with Gasteiger partial charge < -0.3 is 9.42 Å². The molecule has 0 spiro atoms. The van der Waals surface area contributed by atoms with Crippen LogP contribution in [0.4, 0.5) is 5.95 Å². The Bertz CT molecular complexity index is 450. The topological polar surface area (TPSA) is 76.3 Å². The Morgan fingerprint density at radius 1 is 1.25 bits per heavy atom. The molecule has 1 heterocycles. The molecule has 0 N–H and O–H groups in total. The number of nitrogens with zero attached hydrogens (tertiary/aromatic N) is 3. The number of hydrogen-bond acceptors (Lipinski definition) is 6. The van der Waals surface area contributed by atoms with Crippen LogP contribution >= 0.6 is 0 Å². The summed E-state index contributed by atoms with van der Waals surface area (Å²) in [6.07, 6.45) is 0. The van der Waals surface area contributed by atoms with E-state index in [0.717, 1.165) is 0 Å². The molecule has 0 aliphatic rings. The maximum atomic E-state index is 11.9. The summed E-state index contributed by atoms with van der Waals surface area (Å²) in [4.78, 5) is 5.68. The van der Waals surface area contributed by atoms with Crippen LogP contribution in [0, 0.1) is 0 Å². The largest absolute Gasteiger partial charge is 0.344 e. The van der Waals surface area contributed by atoms with Crippen molar-refractivity contribution in [2.24, 2.45) is 0 Å². The van der Waals surface area contributed by atoms with Crippen molar-refractivity contribution in [2.45, 2.75) is 31.3 Å². The predicted molar refractivity (Wildman–Crippen MR) is 61.1 cm³/mol. The minimum absolute atomic E-state index is 0.136. The average Bonchev–Trinajstić information content (AvgIpc) is 2.64. The van der Waals surface area contributed by atoms with Crippen molar-refractivity contribution in [2.75, 3.05) is 19.0 Å². The van der Waals surface area contributed by atoms with Crippen LogP contribution in [0.1, 0.15) is 31.9 Å². The second-order valence-corrected chi connectivity index (χ2v) is 6.94. The third-order valence-electron chi connectivity index (χ3n) is 2.33. The van der Waals surface area contributed by atoms with Crippen LogP contribution in [0.2, 0.25) is 0 Å². The highest BCUT2D eigenvalue weighted by atomic mass is 32.2. The summed E-state index contributed by atoms with van der Waals surface area (Å²) in [6, 6.07) is 0. The van der Waals surface area contributed by atoms with Crippen LogP contribution in [0.25, 0.3) is 0 Å². The zero-order chi connectivity index (χ0) is 12.5. The number of aromatic nitrogens is 2. The molecule has 0 aliphatic carbocycles. The molecule has 1 aromatic rings. The van der Waals surface area contributed by atoms with Gasteiger partial charge in [-0.3, -0.25) is 0 Å². The van der Waals surface area contributed by atoms with Crippen LogP contribution in [0.5, 0.6) is 0 Å². The first kappa shape index (κ1) is 13.0. The first-order valence-electron chi connectivity index (χ1n) is 5.00. The average molecular weight is 247 g/mol. The van der Waals surface area contributed by atoms with E-state index < -0.39 is 20.3 Å². The van der Waals surface area contributed by atoms with E-state index >= 15 is 0 Å². The number of rotatable bonds is 4. The van der Waals surface area contributed by atoms with Gasteiger partial charge in [0, 0.05) is 14.1 Å². The summed E-state index contributed by atoms with van der Waals surface area (Å²) in [5.74, 6) is 0.512. The molecule has 16 heavy (non-hydrogen) atoms. The van der Waals surface area contributed by atoms with Crippen LogP contribution in [-0.2, 0) is 9.84 Å². The quantitative estimate of drug-likeness (QED) is 0.790. The molecular weight excluding hydrogens is 230 g/mol. The summed E-state index contributed by atoms with van der Waals surface area (Å²) in [5, 5.41) is 2.45. The Balaban J connectivity index is 3.02. The second kappa shape index (κ2) is 4.40. The maximum Gasteiger partial charge on any atom is 0.265 e. The van der Waals surface area contributed by atoms with E-state index in [0.29, 0.717) is 5.95 Å². The summed E-state index contributed by atoms with van der Waals surface area (Å²) >= 11 is 0. The molecule has 0 amide bonds. The van der Waals surface area contributed by atoms with Crippen molar-refractivity contribution < 1.29 is 12.9 Å². The monoisotopic (exact) mass is 247 g/mol. The molecule has 0 saturated heterocycles. The van der Waals surface area contributed by atoms with Gasteiger partial charge in [0.05, 0.1) is 5.25 Å². The molecule has 0 saturated carbocycles. The van der Waals surface area contributed by atoms with Crippen molar-refractivity contribution in [1.29, 1.82) is 0 Å². The standard InChI is InChI=1S/C9H17N3O3S/c1-6(2)16(13,14)7(3)8-10-9(11-15-8)12(4)5/h6-7H,1-5H3. The van der Waals surface area contributed by atoms with Gasteiger partial charge in [-0.25, -0.2) is 8.42 Å². The SMILES string of the molecule is CC(C)S(=O)(=O)C(C)c1nc(N(C)C)no1. The fourth-order valence-electron chi connectivity index (χ4n) is 1.12. The van der Waals surface area contributed by atoms with Crippen molar-refractivity contribution in [3.63, 3.8) is 0 Å². The van der Waals surface area contributed by atoms with E-state index in [-0.39, 0.29) is 5.89 Å². The lowest BCUT2D eigenvalue weighted by atomic mass is 10.5. The molecule has 92 valence electrons. The minimum Gasteiger partial charge on any atom is -0.344 e. The highest BCUT2D eigenvalue weighted by molar-refractivity contribution is 7.92. The molecular formula is C9H17N3O3S. The fourth-order valence-corrected chi connectivity index (χ4v) is 2.32. The van der Waals surface area contributed by atoms with Gasteiger partial charge in [0.2, 0.25) is 5.89 Å². The maximum absolute atomic E-state index is 11.9. The Kier molecular flexibility index (Phi) is 3.57. The van der Waals surface area contributed by atoms with Crippen molar-refractivity contribution >= 4 is 15.8 Å². The lowest BCUT2D eigenvalue weighted by Crippen LogP contribution is -2.20. The molecule has 0 fully saturated rings. The van der Waals surface area contributed by atoms with Crippen molar-refractivity contribution in [3.05, 3.63) is 5.89 Å². The third-order valence-corrected chi connectivity index (χ3v) is 4.83. The molecule has 0 aromatic carbocycles. The van der Waals surface area contributed by atoms with Gasteiger partial charge >= 0.3 is 0 Å². The second-order valence-electron chi connectivity index (χ2n) is 4.11. The van der Waals surface area contributed by atoms with E-state index in [9.17, 15) is 8.42 Å². The van der Waals surface area contributed by atoms with Gasteiger partial charge in [-0.15, -0.1) is 0 Å². The van der Waals surface area contributed by atoms with Crippen LogP contribution < -0.4 is 4.90 Å². The first-order valence-corrected chi connectivity index (χ1v) is 6.61. The summed E-state index contributed by atoms with van der Waals surface area (Å²) in [6.45, 7) is 4.83. The molecule has 1 rings (SSSR count).